The number of aliphatic hydroxyl groups is 1. The van der Waals surface area contributed by atoms with Crippen molar-refractivity contribution in [2.24, 2.45) is 0 Å². The number of aliphatic hydroxyl groups excluding tert-OH is 1. The van der Waals surface area contributed by atoms with Crippen molar-refractivity contribution in [1.82, 2.24) is 4.98 Å². The van der Waals surface area contributed by atoms with Gasteiger partial charge in [0.15, 0.2) is 0 Å². The molecule has 2 aromatic rings. The molecule has 0 bridgehead atoms. The van der Waals surface area contributed by atoms with E-state index in [4.69, 9.17) is 14.9 Å². The second kappa shape index (κ2) is 5.61. The Morgan fingerprint density at radius 3 is 2.83 bits per heavy atom. The van der Waals surface area contributed by atoms with Gasteiger partial charge in [0.25, 0.3) is 0 Å². The lowest BCUT2D eigenvalue weighted by molar-refractivity contribution is 0.0696. The Morgan fingerprint density at radius 1 is 1.39 bits per heavy atom. The second-order valence-corrected chi connectivity index (χ2v) is 4.36. The zero-order valence-corrected chi connectivity index (χ0v) is 10.2. The molecule has 2 N–H and O–H groups in total. The Bertz CT molecular complexity index is 553. The van der Waals surface area contributed by atoms with Crippen molar-refractivity contribution in [2.75, 3.05) is 0 Å². The van der Waals surface area contributed by atoms with Gasteiger partial charge in [-0.3, -0.25) is 0 Å². The number of aromatic nitrogens is 1. The molecule has 1 aromatic carbocycles. The van der Waals surface area contributed by atoms with Crippen LogP contribution in [0.4, 0.5) is 0 Å². The summed E-state index contributed by atoms with van der Waals surface area (Å²) in [6, 6.07) is 7.12. The summed E-state index contributed by atoms with van der Waals surface area (Å²) in [6.07, 6.45) is 0. The zero-order chi connectivity index (χ0) is 13.0. The molecule has 0 saturated heterocycles. The average Bonchev–Trinajstić information content (AvgIpc) is 2.85. The van der Waals surface area contributed by atoms with Crippen LogP contribution in [-0.4, -0.2) is 21.2 Å². The number of para-hydroxylation sites is 1. The van der Waals surface area contributed by atoms with Crippen LogP contribution in [0.1, 0.15) is 21.1 Å². The third kappa shape index (κ3) is 2.85. The maximum atomic E-state index is 10.7. The van der Waals surface area contributed by atoms with Crippen LogP contribution in [0.15, 0.2) is 29.6 Å². The van der Waals surface area contributed by atoms with Gasteiger partial charge in [0.1, 0.15) is 12.4 Å². The summed E-state index contributed by atoms with van der Waals surface area (Å²) in [7, 11) is 0. The fraction of sp³-hybridized carbons (Fsp3) is 0.167. The monoisotopic (exact) mass is 265 g/mol. The number of aromatic carboxylic acids is 1. The standard InChI is InChI=1S/C12H11NO4S/c14-5-8-3-1-2-4-10(8)17-6-9-7-18-11(13-9)12(15)16/h1-4,7,14H,5-6H2,(H,15,16). The number of benzene rings is 1. The summed E-state index contributed by atoms with van der Waals surface area (Å²) in [4.78, 5) is 14.6. The van der Waals surface area contributed by atoms with Crippen LogP contribution >= 0.6 is 11.3 Å². The maximum Gasteiger partial charge on any atom is 0.365 e. The van der Waals surface area contributed by atoms with E-state index in [9.17, 15) is 4.79 Å². The lowest BCUT2D eigenvalue weighted by Gasteiger charge is -2.08. The van der Waals surface area contributed by atoms with Gasteiger partial charge in [-0.1, -0.05) is 18.2 Å². The van der Waals surface area contributed by atoms with E-state index in [2.05, 4.69) is 4.98 Å². The van der Waals surface area contributed by atoms with Crippen molar-refractivity contribution >= 4 is 17.3 Å². The minimum atomic E-state index is -1.04. The van der Waals surface area contributed by atoms with Crippen LogP contribution in [0.5, 0.6) is 5.75 Å². The molecule has 6 heteroatoms. The minimum Gasteiger partial charge on any atom is -0.487 e. The molecule has 1 heterocycles. The van der Waals surface area contributed by atoms with E-state index in [-0.39, 0.29) is 18.2 Å². The summed E-state index contributed by atoms with van der Waals surface area (Å²) in [5, 5.41) is 19.6. The second-order valence-electron chi connectivity index (χ2n) is 3.50. The third-order valence-corrected chi connectivity index (χ3v) is 3.13. The molecule has 0 saturated carbocycles. The molecule has 0 amide bonds. The first-order valence-electron chi connectivity index (χ1n) is 5.20. The van der Waals surface area contributed by atoms with Crippen LogP contribution in [0.2, 0.25) is 0 Å². The normalized spacial score (nSPS) is 10.3. The number of carbonyl (C=O) groups is 1. The molecule has 0 aliphatic rings. The third-order valence-electron chi connectivity index (χ3n) is 2.25. The summed E-state index contributed by atoms with van der Waals surface area (Å²) >= 11 is 1.06. The molecule has 0 atom stereocenters. The largest absolute Gasteiger partial charge is 0.487 e. The number of hydrogen-bond acceptors (Lipinski definition) is 5. The molecule has 0 unspecified atom stereocenters. The number of carboxylic acids is 1. The molecule has 94 valence electrons. The summed E-state index contributed by atoms with van der Waals surface area (Å²) in [6.45, 7) is 0.0778. The van der Waals surface area contributed by atoms with E-state index in [1.54, 1.807) is 23.6 Å². The first-order chi connectivity index (χ1) is 8.70. The van der Waals surface area contributed by atoms with Gasteiger partial charge in [-0.05, 0) is 6.07 Å². The molecule has 5 nitrogen and oxygen atoms in total. The van der Waals surface area contributed by atoms with E-state index in [1.807, 2.05) is 6.07 Å². The molecule has 0 aliphatic heterocycles. The van der Waals surface area contributed by atoms with E-state index in [1.165, 1.54) is 0 Å². The molecule has 0 aliphatic carbocycles. The molecule has 0 spiro atoms. The number of rotatable bonds is 5. The topological polar surface area (TPSA) is 79.7 Å². The first-order valence-corrected chi connectivity index (χ1v) is 6.08. The Morgan fingerprint density at radius 2 is 2.17 bits per heavy atom. The van der Waals surface area contributed by atoms with E-state index < -0.39 is 5.97 Å². The highest BCUT2D eigenvalue weighted by atomic mass is 32.1. The Balaban J connectivity index is 2.04. The molecule has 2 rings (SSSR count). The lowest BCUT2D eigenvalue weighted by Crippen LogP contribution is -2.00. The smallest absolute Gasteiger partial charge is 0.365 e. The van der Waals surface area contributed by atoms with Crippen molar-refractivity contribution in [1.29, 1.82) is 0 Å². The van der Waals surface area contributed by atoms with Crippen LogP contribution in [0.3, 0.4) is 0 Å². The zero-order valence-electron chi connectivity index (χ0n) is 9.37. The van der Waals surface area contributed by atoms with E-state index in [0.29, 0.717) is 17.0 Å². The average molecular weight is 265 g/mol. The predicted molar refractivity (Wildman–Crippen MR) is 65.8 cm³/mol. The van der Waals surface area contributed by atoms with Crippen LogP contribution < -0.4 is 4.74 Å². The minimum absolute atomic E-state index is 0.0454. The molecular weight excluding hydrogens is 254 g/mol. The van der Waals surface area contributed by atoms with E-state index in [0.717, 1.165) is 11.3 Å². The van der Waals surface area contributed by atoms with Gasteiger partial charge < -0.3 is 14.9 Å². The maximum absolute atomic E-state index is 10.7. The summed E-state index contributed by atoms with van der Waals surface area (Å²) in [5.41, 5.74) is 1.25. The van der Waals surface area contributed by atoms with Crippen molar-refractivity contribution in [3.05, 3.63) is 45.9 Å². The van der Waals surface area contributed by atoms with Gasteiger partial charge in [-0.25, -0.2) is 9.78 Å². The lowest BCUT2D eigenvalue weighted by atomic mass is 10.2. The fourth-order valence-electron chi connectivity index (χ4n) is 1.40. The number of hydrogen-bond donors (Lipinski definition) is 2. The summed E-state index contributed by atoms with van der Waals surface area (Å²) < 4.78 is 5.50. The number of ether oxygens (including phenoxy) is 1. The molecule has 1 aromatic heterocycles. The van der Waals surface area contributed by atoms with Crippen LogP contribution in [0, 0.1) is 0 Å². The highest BCUT2D eigenvalue weighted by molar-refractivity contribution is 7.11. The van der Waals surface area contributed by atoms with Crippen molar-refractivity contribution < 1.29 is 19.7 Å². The summed E-state index contributed by atoms with van der Waals surface area (Å²) in [5.74, 6) is -0.466. The Hall–Kier alpha value is -1.92. The predicted octanol–water partition coefficient (Wildman–Crippen LogP) is 1.91. The number of carboxylic acid groups (broad SMARTS) is 1. The van der Waals surface area contributed by atoms with Gasteiger partial charge in [0.2, 0.25) is 5.01 Å². The van der Waals surface area contributed by atoms with Gasteiger partial charge in [-0.2, -0.15) is 0 Å². The van der Waals surface area contributed by atoms with Gasteiger partial charge in [0.05, 0.1) is 12.3 Å². The Labute approximate surface area is 107 Å². The van der Waals surface area contributed by atoms with Gasteiger partial charge in [-0.15, -0.1) is 11.3 Å². The van der Waals surface area contributed by atoms with Crippen molar-refractivity contribution in [3.8, 4) is 5.75 Å². The quantitative estimate of drug-likeness (QED) is 0.863. The fourth-order valence-corrected chi connectivity index (χ4v) is 2.04. The van der Waals surface area contributed by atoms with Crippen molar-refractivity contribution in [2.45, 2.75) is 13.2 Å². The van der Waals surface area contributed by atoms with Crippen LogP contribution in [0.25, 0.3) is 0 Å². The highest BCUT2D eigenvalue weighted by Gasteiger charge is 2.09. The molecular formula is C12H11NO4S. The number of thiazole rings is 1. The highest BCUT2D eigenvalue weighted by Crippen LogP contribution is 2.19. The molecule has 0 radical (unpaired) electrons. The first kappa shape index (κ1) is 12.5. The van der Waals surface area contributed by atoms with Gasteiger partial charge in [0, 0.05) is 10.9 Å². The van der Waals surface area contributed by atoms with Gasteiger partial charge >= 0.3 is 5.97 Å². The molecule has 0 fully saturated rings. The SMILES string of the molecule is O=C(O)c1nc(COc2ccccc2CO)cs1. The molecule has 18 heavy (non-hydrogen) atoms. The van der Waals surface area contributed by atoms with E-state index >= 15 is 0 Å². The van der Waals surface area contributed by atoms with Crippen molar-refractivity contribution in [3.63, 3.8) is 0 Å². The number of nitrogens with zero attached hydrogens (tertiary/aromatic N) is 1. The Kier molecular flexibility index (Phi) is 3.91. The van der Waals surface area contributed by atoms with Crippen LogP contribution in [-0.2, 0) is 13.2 Å².